The fraction of sp³-hybridized carbons (Fsp3) is 0.875. The van der Waals surface area contributed by atoms with Gasteiger partial charge < -0.3 is 9.47 Å². The first-order chi connectivity index (χ1) is 8.90. The standard InChI is InChI=1S/C16H22O2/c1-2-10-5-9(1)15-12-6-11(13(7-12)16(10)15)8-14-17-3-4-18-14/h1-2,9-16H,3-8H2. The van der Waals surface area contributed by atoms with Crippen molar-refractivity contribution in [2.45, 2.75) is 32.0 Å². The van der Waals surface area contributed by atoms with Crippen molar-refractivity contribution in [2.75, 3.05) is 13.2 Å². The average molecular weight is 246 g/mol. The molecule has 4 fully saturated rings. The van der Waals surface area contributed by atoms with Crippen LogP contribution in [0.3, 0.4) is 0 Å². The minimum atomic E-state index is 0.127. The number of hydrogen-bond acceptors (Lipinski definition) is 2. The monoisotopic (exact) mass is 246 g/mol. The van der Waals surface area contributed by atoms with Gasteiger partial charge in [-0.1, -0.05) is 12.2 Å². The molecule has 5 rings (SSSR count). The van der Waals surface area contributed by atoms with Gasteiger partial charge >= 0.3 is 0 Å². The zero-order chi connectivity index (χ0) is 11.7. The van der Waals surface area contributed by atoms with Crippen LogP contribution in [0.2, 0.25) is 0 Å². The maximum absolute atomic E-state index is 5.66. The van der Waals surface area contributed by atoms with E-state index in [9.17, 15) is 0 Å². The molecule has 3 saturated carbocycles. The molecule has 4 bridgehead atoms. The van der Waals surface area contributed by atoms with Crippen molar-refractivity contribution in [2.24, 2.45) is 41.4 Å². The Labute approximate surface area is 109 Å². The van der Waals surface area contributed by atoms with Gasteiger partial charge in [-0.25, -0.2) is 0 Å². The van der Waals surface area contributed by atoms with Crippen molar-refractivity contribution < 1.29 is 9.47 Å². The zero-order valence-electron chi connectivity index (χ0n) is 10.8. The summed E-state index contributed by atoms with van der Waals surface area (Å²) in [6.45, 7) is 1.62. The summed E-state index contributed by atoms with van der Waals surface area (Å²) in [7, 11) is 0. The fourth-order valence-electron chi connectivity index (χ4n) is 6.21. The summed E-state index contributed by atoms with van der Waals surface area (Å²) in [6.07, 6.45) is 10.8. The van der Waals surface area contributed by atoms with Crippen molar-refractivity contribution in [3.63, 3.8) is 0 Å². The minimum Gasteiger partial charge on any atom is -0.350 e. The summed E-state index contributed by atoms with van der Waals surface area (Å²) in [4.78, 5) is 0. The molecular weight excluding hydrogens is 224 g/mol. The lowest BCUT2D eigenvalue weighted by Gasteiger charge is -2.37. The highest BCUT2D eigenvalue weighted by atomic mass is 16.7. The molecule has 5 aliphatic rings. The number of ether oxygens (including phenoxy) is 2. The Bertz CT molecular complexity index is 385. The van der Waals surface area contributed by atoms with Gasteiger partial charge in [0, 0.05) is 6.42 Å². The van der Waals surface area contributed by atoms with Crippen LogP contribution in [0.25, 0.3) is 0 Å². The normalized spacial score (nSPS) is 56.8. The summed E-state index contributed by atoms with van der Waals surface area (Å²) >= 11 is 0. The molecule has 18 heavy (non-hydrogen) atoms. The first-order valence-electron chi connectivity index (χ1n) is 7.81. The molecule has 98 valence electrons. The molecular formula is C16H22O2. The second-order valence-corrected chi connectivity index (χ2v) is 7.17. The molecule has 1 saturated heterocycles. The lowest BCUT2D eigenvalue weighted by molar-refractivity contribution is -0.0661. The van der Waals surface area contributed by atoms with E-state index in [1.807, 2.05) is 0 Å². The van der Waals surface area contributed by atoms with Crippen LogP contribution in [0.1, 0.15) is 25.7 Å². The molecule has 0 spiro atoms. The van der Waals surface area contributed by atoms with Crippen LogP contribution >= 0.6 is 0 Å². The molecule has 4 aliphatic carbocycles. The highest BCUT2D eigenvalue weighted by Gasteiger charge is 2.60. The van der Waals surface area contributed by atoms with Crippen LogP contribution in [0.5, 0.6) is 0 Å². The molecule has 0 amide bonds. The third kappa shape index (κ3) is 1.26. The second-order valence-electron chi connectivity index (χ2n) is 7.17. The van der Waals surface area contributed by atoms with Crippen LogP contribution in [0.4, 0.5) is 0 Å². The summed E-state index contributed by atoms with van der Waals surface area (Å²) < 4.78 is 11.3. The Morgan fingerprint density at radius 3 is 2.50 bits per heavy atom. The summed E-state index contributed by atoms with van der Waals surface area (Å²) in [6, 6.07) is 0. The Morgan fingerprint density at radius 1 is 0.889 bits per heavy atom. The van der Waals surface area contributed by atoms with E-state index in [1.165, 1.54) is 25.7 Å². The molecule has 1 heterocycles. The largest absolute Gasteiger partial charge is 0.350 e. The third-order valence-corrected chi connectivity index (χ3v) is 6.59. The molecule has 0 aromatic rings. The highest BCUT2D eigenvalue weighted by Crippen LogP contribution is 2.67. The van der Waals surface area contributed by atoms with Gasteiger partial charge in [0.05, 0.1) is 13.2 Å². The molecule has 2 heteroatoms. The molecule has 0 N–H and O–H groups in total. The van der Waals surface area contributed by atoms with Crippen LogP contribution in [-0.4, -0.2) is 19.5 Å². The average Bonchev–Trinajstić information content (AvgIpc) is 3.16. The predicted molar refractivity (Wildman–Crippen MR) is 67.7 cm³/mol. The van der Waals surface area contributed by atoms with Crippen molar-refractivity contribution in [1.82, 2.24) is 0 Å². The van der Waals surface area contributed by atoms with E-state index in [-0.39, 0.29) is 6.29 Å². The smallest absolute Gasteiger partial charge is 0.158 e. The van der Waals surface area contributed by atoms with Crippen molar-refractivity contribution >= 4 is 0 Å². The number of allylic oxidation sites excluding steroid dienone is 2. The van der Waals surface area contributed by atoms with Gasteiger partial charge in [-0.2, -0.15) is 0 Å². The predicted octanol–water partition coefficient (Wildman–Crippen LogP) is 2.84. The van der Waals surface area contributed by atoms with E-state index >= 15 is 0 Å². The maximum atomic E-state index is 5.66. The first-order valence-corrected chi connectivity index (χ1v) is 7.81. The second kappa shape index (κ2) is 3.61. The molecule has 1 aliphatic heterocycles. The maximum Gasteiger partial charge on any atom is 0.158 e. The van der Waals surface area contributed by atoms with Crippen molar-refractivity contribution in [1.29, 1.82) is 0 Å². The van der Waals surface area contributed by atoms with Gasteiger partial charge in [-0.15, -0.1) is 0 Å². The molecule has 0 radical (unpaired) electrons. The summed E-state index contributed by atoms with van der Waals surface area (Å²) in [5.41, 5.74) is 0. The molecule has 7 unspecified atom stereocenters. The van der Waals surface area contributed by atoms with E-state index in [1.54, 1.807) is 0 Å². The summed E-state index contributed by atoms with van der Waals surface area (Å²) in [5, 5.41) is 0. The van der Waals surface area contributed by atoms with E-state index in [0.717, 1.165) is 54.6 Å². The zero-order valence-corrected chi connectivity index (χ0v) is 10.8. The van der Waals surface area contributed by atoms with Crippen LogP contribution in [0, 0.1) is 41.4 Å². The topological polar surface area (TPSA) is 18.5 Å². The molecule has 2 nitrogen and oxygen atoms in total. The number of rotatable bonds is 2. The van der Waals surface area contributed by atoms with Crippen molar-refractivity contribution in [3.8, 4) is 0 Å². The Hall–Kier alpha value is -0.340. The van der Waals surface area contributed by atoms with Crippen LogP contribution < -0.4 is 0 Å². The van der Waals surface area contributed by atoms with E-state index < -0.39 is 0 Å². The van der Waals surface area contributed by atoms with Crippen LogP contribution in [0.15, 0.2) is 12.2 Å². The van der Waals surface area contributed by atoms with E-state index in [0.29, 0.717) is 0 Å². The lowest BCUT2D eigenvalue weighted by Crippen LogP contribution is -2.32. The van der Waals surface area contributed by atoms with E-state index in [2.05, 4.69) is 12.2 Å². The highest BCUT2D eigenvalue weighted by molar-refractivity contribution is 5.20. The Balaban J connectivity index is 1.36. The van der Waals surface area contributed by atoms with Gasteiger partial charge in [-0.3, -0.25) is 0 Å². The molecule has 7 atom stereocenters. The molecule has 0 aromatic heterocycles. The number of fused-ring (bicyclic) bond motifs is 9. The quantitative estimate of drug-likeness (QED) is 0.551. The lowest BCUT2D eigenvalue weighted by atomic mass is 9.68. The fourth-order valence-corrected chi connectivity index (χ4v) is 6.21. The molecule has 0 aromatic carbocycles. The van der Waals surface area contributed by atoms with Gasteiger partial charge in [0.2, 0.25) is 0 Å². The SMILES string of the molecule is C1=CC2CC1C1C3CC(CC4OCCO4)C(C3)C21. The van der Waals surface area contributed by atoms with Gasteiger partial charge in [0.25, 0.3) is 0 Å². The first kappa shape index (κ1) is 10.4. The third-order valence-electron chi connectivity index (χ3n) is 6.59. The van der Waals surface area contributed by atoms with Gasteiger partial charge in [-0.05, 0) is 60.7 Å². The Morgan fingerprint density at radius 2 is 1.67 bits per heavy atom. The minimum absolute atomic E-state index is 0.127. The van der Waals surface area contributed by atoms with Gasteiger partial charge in [0.1, 0.15) is 0 Å². The number of hydrogen-bond donors (Lipinski definition) is 0. The summed E-state index contributed by atoms with van der Waals surface area (Å²) in [5.74, 6) is 6.90. The van der Waals surface area contributed by atoms with Crippen molar-refractivity contribution in [3.05, 3.63) is 12.2 Å². The Kier molecular flexibility index (Phi) is 2.09. The van der Waals surface area contributed by atoms with E-state index in [4.69, 9.17) is 9.47 Å². The van der Waals surface area contributed by atoms with Crippen LogP contribution in [-0.2, 0) is 9.47 Å². The van der Waals surface area contributed by atoms with Gasteiger partial charge in [0.15, 0.2) is 6.29 Å².